The van der Waals surface area contributed by atoms with Crippen LogP contribution in [0.4, 0.5) is 0 Å². The Morgan fingerprint density at radius 3 is 2.46 bits per heavy atom. The molecule has 5 nitrogen and oxygen atoms in total. The third-order valence-corrected chi connectivity index (χ3v) is 4.35. The van der Waals surface area contributed by atoms with Gasteiger partial charge in [-0.05, 0) is 25.5 Å². The minimum absolute atomic E-state index is 0.0472. The number of nitrogens with one attached hydrogen (secondary N) is 1. The highest BCUT2D eigenvalue weighted by Crippen LogP contribution is 2.29. The molecule has 2 rings (SSSR count). The zero-order valence-electron chi connectivity index (χ0n) is 14.7. The monoisotopic (exact) mass is 375 g/mol. The lowest BCUT2D eigenvalue weighted by Gasteiger charge is -2.23. The highest BCUT2D eigenvalue weighted by Gasteiger charge is 2.27. The molecule has 0 aromatic heterocycles. The molecule has 0 heterocycles. The predicted molar refractivity (Wildman–Crippen MR) is 100 cm³/mol. The lowest BCUT2D eigenvalue weighted by atomic mass is 9.94. The molecule has 2 aromatic carbocycles. The van der Waals surface area contributed by atoms with Gasteiger partial charge in [0.25, 0.3) is 0 Å². The Kier molecular flexibility index (Phi) is 7.04. The van der Waals surface area contributed by atoms with Crippen molar-refractivity contribution >= 4 is 23.5 Å². The maximum absolute atomic E-state index is 12.6. The molecule has 0 aliphatic rings. The Balaban J connectivity index is 2.21. The van der Waals surface area contributed by atoms with Gasteiger partial charge in [-0.1, -0.05) is 54.1 Å². The minimum Gasteiger partial charge on any atom is -0.492 e. The summed E-state index contributed by atoms with van der Waals surface area (Å²) in [4.78, 5) is 24.0. The number of para-hydroxylation sites is 1. The first kappa shape index (κ1) is 19.8. The van der Waals surface area contributed by atoms with Gasteiger partial charge in [0.15, 0.2) is 0 Å². The molecule has 26 heavy (non-hydrogen) atoms. The molecule has 2 aromatic rings. The molecule has 0 fully saturated rings. The lowest BCUT2D eigenvalue weighted by molar-refractivity contribution is -0.142. The lowest BCUT2D eigenvalue weighted by Crippen LogP contribution is -2.36. The number of hydrogen-bond acceptors (Lipinski definition) is 3. The summed E-state index contributed by atoms with van der Waals surface area (Å²) in [5, 5.41) is 12.7. The maximum atomic E-state index is 12.6. The van der Waals surface area contributed by atoms with Crippen LogP contribution >= 0.6 is 11.6 Å². The number of carbonyl (C=O) groups excluding carboxylic acids is 1. The summed E-state index contributed by atoms with van der Waals surface area (Å²) < 4.78 is 5.54. The third kappa shape index (κ3) is 4.99. The Morgan fingerprint density at radius 1 is 1.15 bits per heavy atom. The first-order valence-electron chi connectivity index (χ1n) is 8.41. The van der Waals surface area contributed by atoms with Crippen LogP contribution in [-0.4, -0.2) is 23.6 Å². The molecule has 0 spiro atoms. The Hall–Kier alpha value is -2.53. The summed E-state index contributed by atoms with van der Waals surface area (Å²) in [6.07, 6.45) is 0.0472. The van der Waals surface area contributed by atoms with E-state index in [9.17, 15) is 14.7 Å². The van der Waals surface area contributed by atoms with E-state index in [1.165, 1.54) is 0 Å². The van der Waals surface area contributed by atoms with E-state index in [0.29, 0.717) is 22.9 Å². The number of hydrogen-bond donors (Lipinski definition) is 2. The molecule has 2 atom stereocenters. The Labute approximate surface area is 157 Å². The summed E-state index contributed by atoms with van der Waals surface area (Å²) in [7, 11) is 0. The van der Waals surface area contributed by atoms with Crippen molar-refractivity contribution in [2.75, 3.05) is 6.61 Å². The van der Waals surface area contributed by atoms with Crippen LogP contribution in [0, 0.1) is 5.92 Å². The molecule has 138 valence electrons. The molecule has 1 amide bonds. The largest absolute Gasteiger partial charge is 0.492 e. The molecule has 0 saturated carbocycles. The van der Waals surface area contributed by atoms with Crippen LogP contribution in [0.3, 0.4) is 0 Å². The van der Waals surface area contributed by atoms with Gasteiger partial charge in [-0.2, -0.15) is 0 Å². The second-order valence-corrected chi connectivity index (χ2v) is 6.33. The predicted octanol–water partition coefficient (Wildman–Crippen LogP) is 3.86. The van der Waals surface area contributed by atoms with E-state index in [-0.39, 0.29) is 12.3 Å². The van der Waals surface area contributed by atoms with Crippen LogP contribution in [0.2, 0.25) is 5.02 Å². The Bertz CT molecular complexity index is 764. The van der Waals surface area contributed by atoms with Gasteiger partial charge in [0.05, 0.1) is 30.0 Å². The van der Waals surface area contributed by atoms with E-state index >= 15 is 0 Å². The van der Waals surface area contributed by atoms with Crippen molar-refractivity contribution < 1.29 is 19.4 Å². The fourth-order valence-corrected chi connectivity index (χ4v) is 2.94. The average Bonchev–Trinajstić information content (AvgIpc) is 2.62. The highest BCUT2D eigenvalue weighted by molar-refractivity contribution is 6.32. The van der Waals surface area contributed by atoms with Gasteiger partial charge in [-0.25, -0.2) is 0 Å². The molecule has 0 aliphatic carbocycles. The number of carbonyl (C=O) groups is 2. The number of benzene rings is 2. The first-order valence-corrected chi connectivity index (χ1v) is 8.79. The van der Waals surface area contributed by atoms with E-state index in [2.05, 4.69) is 5.32 Å². The number of halogens is 1. The van der Waals surface area contributed by atoms with Crippen molar-refractivity contribution in [3.8, 4) is 5.75 Å². The molecule has 6 heteroatoms. The zero-order chi connectivity index (χ0) is 19.1. The second kappa shape index (κ2) is 9.25. The summed E-state index contributed by atoms with van der Waals surface area (Å²) >= 11 is 6.15. The number of rotatable bonds is 8. The molecular formula is C20H22ClNO4. The topological polar surface area (TPSA) is 75.6 Å². The number of aliphatic carboxylic acids is 1. The fourth-order valence-electron chi connectivity index (χ4n) is 2.70. The van der Waals surface area contributed by atoms with E-state index in [1.54, 1.807) is 37.3 Å². The minimum atomic E-state index is -0.975. The van der Waals surface area contributed by atoms with Gasteiger partial charge in [0.1, 0.15) is 5.75 Å². The van der Waals surface area contributed by atoms with Gasteiger partial charge in [-0.15, -0.1) is 0 Å². The van der Waals surface area contributed by atoms with Crippen molar-refractivity contribution in [1.82, 2.24) is 5.32 Å². The smallest absolute Gasteiger partial charge is 0.308 e. The van der Waals surface area contributed by atoms with Gasteiger partial charge in [0, 0.05) is 5.56 Å². The summed E-state index contributed by atoms with van der Waals surface area (Å²) in [5.41, 5.74) is 1.40. The van der Waals surface area contributed by atoms with Crippen molar-refractivity contribution in [1.29, 1.82) is 0 Å². The maximum Gasteiger partial charge on any atom is 0.308 e. The average molecular weight is 376 g/mol. The fraction of sp³-hybridized carbons (Fsp3) is 0.300. The molecule has 0 radical (unpaired) electrons. The normalized spacial score (nSPS) is 12.9. The van der Waals surface area contributed by atoms with Gasteiger partial charge in [-0.3, -0.25) is 9.59 Å². The molecule has 0 saturated heterocycles. The van der Waals surface area contributed by atoms with Crippen LogP contribution in [-0.2, 0) is 16.0 Å². The van der Waals surface area contributed by atoms with E-state index < -0.39 is 17.9 Å². The number of carboxylic acids is 1. The van der Waals surface area contributed by atoms with Crippen molar-refractivity contribution in [2.45, 2.75) is 26.3 Å². The van der Waals surface area contributed by atoms with Crippen LogP contribution in [0.1, 0.15) is 31.0 Å². The molecule has 0 bridgehead atoms. The zero-order valence-corrected chi connectivity index (χ0v) is 15.5. The highest BCUT2D eigenvalue weighted by atomic mass is 35.5. The van der Waals surface area contributed by atoms with Crippen LogP contribution < -0.4 is 10.1 Å². The van der Waals surface area contributed by atoms with E-state index in [4.69, 9.17) is 16.3 Å². The number of amides is 1. The summed E-state index contributed by atoms with van der Waals surface area (Å²) in [6.45, 7) is 3.85. The van der Waals surface area contributed by atoms with Gasteiger partial charge < -0.3 is 15.2 Å². The second-order valence-electron chi connectivity index (χ2n) is 5.92. The molecular weight excluding hydrogens is 354 g/mol. The van der Waals surface area contributed by atoms with Crippen LogP contribution in [0.5, 0.6) is 5.75 Å². The third-order valence-electron chi connectivity index (χ3n) is 4.05. The van der Waals surface area contributed by atoms with E-state index in [1.807, 2.05) is 25.1 Å². The summed E-state index contributed by atoms with van der Waals surface area (Å²) in [5.74, 6) is -1.56. The standard InChI is InChI=1S/C20H22ClNO4/c1-3-26-19-15(10-7-11-16(19)21)12-17(23)22-18(13(2)20(24)25)14-8-5-4-6-9-14/h4-11,13,18H,3,12H2,1-2H3,(H,22,23)(H,24,25). The quantitative estimate of drug-likeness (QED) is 0.734. The van der Waals surface area contributed by atoms with Crippen LogP contribution in [0.15, 0.2) is 48.5 Å². The van der Waals surface area contributed by atoms with Crippen molar-refractivity contribution in [3.63, 3.8) is 0 Å². The van der Waals surface area contributed by atoms with E-state index in [0.717, 1.165) is 5.56 Å². The van der Waals surface area contributed by atoms with Gasteiger partial charge >= 0.3 is 5.97 Å². The number of ether oxygens (including phenoxy) is 1. The molecule has 2 N–H and O–H groups in total. The van der Waals surface area contributed by atoms with Crippen LogP contribution in [0.25, 0.3) is 0 Å². The Morgan fingerprint density at radius 2 is 1.85 bits per heavy atom. The first-order chi connectivity index (χ1) is 12.4. The van der Waals surface area contributed by atoms with Crippen molar-refractivity contribution in [2.24, 2.45) is 5.92 Å². The van der Waals surface area contributed by atoms with Crippen molar-refractivity contribution in [3.05, 3.63) is 64.7 Å². The van der Waals surface area contributed by atoms with Gasteiger partial charge in [0.2, 0.25) is 5.91 Å². The molecule has 0 aliphatic heterocycles. The SMILES string of the molecule is CCOc1c(Cl)cccc1CC(=O)NC(c1ccccc1)C(C)C(=O)O. The number of carboxylic acid groups (broad SMARTS) is 1. The summed E-state index contributed by atoms with van der Waals surface area (Å²) in [6, 6.07) is 13.7. The molecule has 2 unspecified atom stereocenters.